The summed E-state index contributed by atoms with van der Waals surface area (Å²) in [5, 5.41) is 9.57. The number of rotatable bonds is 4. The van der Waals surface area contributed by atoms with Crippen molar-refractivity contribution in [3.8, 4) is 0 Å². The van der Waals surface area contributed by atoms with Crippen LogP contribution in [0.5, 0.6) is 0 Å². The Morgan fingerprint density at radius 3 is 2.40 bits per heavy atom. The van der Waals surface area contributed by atoms with Crippen LogP contribution in [0.2, 0.25) is 5.02 Å². The number of carbonyl (C=O) groups excluding carboxylic acids is 1. The van der Waals surface area contributed by atoms with E-state index in [4.69, 9.17) is 16.7 Å². The van der Waals surface area contributed by atoms with Crippen LogP contribution in [0.3, 0.4) is 0 Å². The first-order valence-electron chi connectivity index (χ1n) is 7.75. The van der Waals surface area contributed by atoms with Crippen molar-refractivity contribution in [2.24, 2.45) is 17.3 Å². The molecular formula is C17H19ClF3NO3. The highest BCUT2D eigenvalue weighted by atomic mass is 35.5. The van der Waals surface area contributed by atoms with E-state index >= 15 is 0 Å². The Morgan fingerprint density at radius 1 is 1.28 bits per heavy atom. The van der Waals surface area contributed by atoms with Crippen molar-refractivity contribution in [3.63, 3.8) is 0 Å². The molecule has 0 aromatic heterocycles. The molecule has 1 heterocycles. The smallest absolute Gasteiger partial charge is 0.394 e. The van der Waals surface area contributed by atoms with E-state index in [1.807, 2.05) is 0 Å². The van der Waals surface area contributed by atoms with Crippen molar-refractivity contribution in [3.05, 3.63) is 34.9 Å². The second kappa shape index (κ2) is 6.86. The van der Waals surface area contributed by atoms with Gasteiger partial charge >= 0.3 is 12.1 Å². The van der Waals surface area contributed by atoms with E-state index in [0.29, 0.717) is 5.02 Å². The van der Waals surface area contributed by atoms with Crippen LogP contribution in [0.15, 0.2) is 24.3 Å². The summed E-state index contributed by atoms with van der Waals surface area (Å²) >= 11 is 5.92. The van der Waals surface area contributed by atoms with Crippen LogP contribution in [0.1, 0.15) is 19.4 Å². The first kappa shape index (κ1) is 19.6. The molecule has 138 valence electrons. The van der Waals surface area contributed by atoms with Gasteiger partial charge in [-0.2, -0.15) is 13.2 Å². The summed E-state index contributed by atoms with van der Waals surface area (Å²) in [6.45, 7) is 2.20. The average molecular weight is 378 g/mol. The minimum Gasteiger partial charge on any atom is -0.481 e. The van der Waals surface area contributed by atoms with Crippen molar-refractivity contribution in [2.75, 3.05) is 13.1 Å². The summed E-state index contributed by atoms with van der Waals surface area (Å²) in [4.78, 5) is 24.9. The van der Waals surface area contributed by atoms with E-state index in [9.17, 15) is 22.8 Å². The number of carboxylic acid groups (broad SMARTS) is 1. The molecule has 1 aromatic rings. The summed E-state index contributed by atoms with van der Waals surface area (Å²) in [6, 6.07) is 6.89. The maximum atomic E-state index is 13.1. The fourth-order valence-corrected chi connectivity index (χ4v) is 3.43. The van der Waals surface area contributed by atoms with Crippen LogP contribution in [-0.2, 0) is 16.0 Å². The van der Waals surface area contributed by atoms with Gasteiger partial charge in [0.1, 0.15) is 0 Å². The molecule has 1 N–H and O–H groups in total. The van der Waals surface area contributed by atoms with Gasteiger partial charge in [0, 0.05) is 23.5 Å². The molecule has 4 nitrogen and oxygen atoms in total. The molecule has 0 saturated carbocycles. The van der Waals surface area contributed by atoms with Crippen LogP contribution in [-0.4, -0.2) is 41.1 Å². The zero-order chi connectivity index (χ0) is 19.0. The predicted octanol–water partition coefficient (Wildman–Crippen LogP) is 3.63. The number of likely N-dealkylation sites (tertiary alicyclic amines) is 1. The number of alkyl halides is 3. The molecule has 0 radical (unpaired) electrons. The highest BCUT2D eigenvalue weighted by Gasteiger charge is 2.54. The molecule has 8 heteroatoms. The molecular weight excluding hydrogens is 359 g/mol. The standard InChI is InChI=1S/C17H19ClF3NO3/c1-16(2,7-10-4-3-5-11(18)6-10)15(25)22-8-12(14(23)24)13(9-22)17(19,20)21/h3-6,12-13H,7-9H2,1-2H3,(H,23,24)/t12-,13-/m1/s1. The fraction of sp³-hybridized carbons (Fsp3) is 0.529. The molecule has 2 rings (SSSR count). The molecule has 0 bridgehead atoms. The van der Waals surface area contributed by atoms with Crippen LogP contribution < -0.4 is 0 Å². The maximum absolute atomic E-state index is 13.1. The van der Waals surface area contributed by atoms with Gasteiger partial charge in [-0.1, -0.05) is 37.6 Å². The summed E-state index contributed by atoms with van der Waals surface area (Å²) in [5.74, 6) is -5.71. The van der Waals surface area contributed by atoms with E-state index in [1.54, 1.807) is 38.1 Å². The molecule has 0 aliphatic carbocycles. The van der Waals surface area contributed by atoms with Gasteiger partial charge in [-0.25, -0.2) is 0 Å². The molecule has 1 fully saturated rings. The Labute approximate surface area is 148 Å². The molecule has 1 saturated heterocycles. The first-order chi connectivity index (χ1) is 11.4. The van der Waals surface area contributed by atoms with Crippen molar-refractivity contribution in [1.82, 2.24) is 4.90 Å². The number of hydrogen-bond acceptors (Lipinski definition) is 2. The van der Waals surface area contributed by atoms with Crippen molar-refractivity contribution >= 4 is 23.5 Å². The first-order valence-corrected chi connectivity index (χ1v) is 8.13. The number of halogens is 4. The normalized spacial score (nSPS) is 21.4. The van der Waals surface area contributed by atoms with E-state index in [2.05, 4.69) is 0 Å². The number of nitrogens with zero attached hydrogens (tertiary/aromatic N) is 1. The summed E-state index contributed by atoms with van der Waals surface area (Å²) in [5.41, 5.74) is -0.194. The predicted molar refractivity (Wildman–Crippen MR) is 86.2 cm³/mol. The minimum atomic E-state index is -4.66. The van der Waals surface area contributed by atoms with Gasteiger partial charge in [0.05, 0.1) is 11.8 Å². The third kappa shape index (κ3) is 4.45. The molecule has 0 unspecified atom stereocenters. The van der Waals surface area contributed by atoms with Crippen LogP contribution in [0, 0.1) is 17.3 Å². The van der Waals surface area contributed by atoms with E-state index in [0.717, 1.165) is 10.5 Å². The van der Waals surface area contributed by atoms with Gasteiger partial charge in [0.2, 0.25) is 5.91 Å². The Hall–Kier alpha value is -1.76. The summed E-state index contributed by atoms with van der Waals surface area (Å²) < 4.78 is 39.2. The minimum absolute atomic E-state index is 0.289. The topological polar surface area (TPSA) is 57.6 Å². The zero-order valence-corrected chi connectivity index (χ0v) is 14.6. The van der Waals surface area contributed by atoms with E-state index < -0.39 is 48.4 Å². The number of aliphatic carboxylic acids is 1. The quantitative estimate of drug-likeness (QED) is 0.871. The second-order valence-electron chi connectivity index (χ2n) is 6.99. The van der Waals surface area contributed by atoms with Crippen LogP contribution in [0.4, 0.5) is 13.2 Å². The van der Waals surface area contributed by atoms with E-state index in [1.165, 1.54) is 0 Å². The number of benzene rings is 1. The average Bonchev–Trinajstić information content (AvgIpc) is 2.91. The van der Waals surface area contributed by atoms with Gasteiger partial charge in [-0.15, -0.1) is 0 Å². The number of amides is 1. The van der Waals surface area contributed by atoms with Crippen molar-refractivity contribution in [2.45, 2.75) is 26.4 Å². The lowest BCUT2D eigenvalue weighted by Gasteiger charge is -2.29. The highest BCUT2D eigenvalue weighted by Crippen LogP contribution is 2.39. The lowest BCUT2D eigenvalue weighted by Crippen LogP contribution is -2.41. The maximum Gasteiger partial charge on any atom is 0.394 e. The summed E-state index contributed by atoms with van der Waals surface area (Å²) in [6.07, 6.45) is -4.37. The molecule has 2 atom stereocenters. The second-order valence-corrected chi connectivity index (χ2v) is 7.43. The fourth-order valence-electron chi connectivity index (χ4n) is 3.21. The van der Waals surface area contributed by atoms with Gasteiger partial charge in [-0.3, -0.25) is 9.59 Å². The third-order valence-electron chi connectivity index (χ3n) is 4.46. The molecule has 1 aliphatic rings. The molecule has 1 amide bonds. The molecule has 1 aliphatic heterocycles. The third-order valence-corrected chi connectivity index (χ3v) is 4.69. The lowest BCUT2D eigenvalue weighted by molar-refractivity contribution is -0.188. The lowest BCUT2D eigenvalue weighted by atomic mass is 9.84. The monoisotopic (exact) mass is 377 g/mol. The largest absolute Gasteiger partial charge is 0.481 e. The Kier molecular flexibility index (Phi) is 5.37. The zero-order valence-electron chi connectivity index (χ0n) is 13.8. The van der Waals surface area contributed by atoms with Gasteiger partial charge < -0.3 is 10.0 Å². The van der Waals surface area contributed by atoms with Gasteiger partial charge in [-0.05, 0) is 24.1 Å². The molecule has 1 aromatic carbocycles. The number of carboxylic acids is 1. The Balaban J connectivity index is 2.17. The van der Waals surface area contributed by atoms with Crippen LogP contribution in [0.25, 0.3) is 0 Å². The number of carbonyl (C=O) groups is 2. The van der Waals surface area contributed by atoms with Crippen molar-refractivity contribution < 1.29 is 27.9 Å². The number of hydrogen-bond donors (Lipinski definition) is 1. The summed E-state index contributed by atoms with van der Waals surface area (Å²) in [7, 11) is 0. The Bertz CT molecular complexity index is 675. The molecule has 25 heavy (non-hydrogen) atoms. The highest BCUT2D eigenvalue weighted by molar-refractivity contribution is 6.30. The van der Waals surface area contributed by atoms with E-state index in [-0.39, 0.29) is 6.42 Å². The Morgan fingerprint density at radius 2 is 1.92 bits per heavy atom. The van der Waals surface area contributed by atoms with Gasteiger partial charge in [0.15, 0.2) is 0 Å². The van der Waals surface area contributed by atoms with Crippen LogP contribution >= 0.6 is 11.6 Å². The molecule has 0 spiro atoms. The van der Waals surface area contributed by atoms with Crippen molar-refractivity contribution in [1.29, 1.82) is 0 Å². The van der Waals surface area contributed by atoms with Gasteiger partial charge in [0.25, 0.3) is 0 Å². The SMILES string of the molecule is CC(C)(Cc1cccc(Cl)c1)C(=O)N1C[C@@H](C(F)(F)F)[C@H](C(=O)O)C1.